The SMILES string of the molecule is COC(=C1C2CC3CC(C2)CC1C3)C1CC(O)CC(OC)C1. The van der Waals surface area contributed by atoms with Crippen LogP contribution in [-0.2, 0) is 9.47 Å². The minimum Gasteiger partial charge on any atom is -0.501 e. The molecule has 1 N–H and O–H groups in total. The smallest absolute Gasteiger partial charge is 0.0985 e. The summed E-state index contributed by atoms with van der Waals surface area (Å²) in [4.78, 5) is 0. The molecular weight excluding hydrogens is 276 g/mol. The van der Waals surface area contributed by atoms with Gasteiger partial charge in [0.05, 0.1) is 25.1 Å². The molecule has 0 aromatic heterocycles. The third-order valence-corrected chi connectivity index (χ3v) is 6.87. The largest absolute Gasteiger partial charge is 0.501 e. The molecule has 5 fully saturated rings. The topological polar surface area (TPSA) is 38.7 Å². The zero-order valence-corrected chi connectivity index (χ0v) is 14.0. The standard InChI is InChI=1S/C19H30O3/c1-21-17-9-15(8-16(20)10-17)19(22-2)18-13-4-11-3-12(6-13)7-14(18)5-11/h11-17,20H,3-10H2,1-2H3. The average Bonchev–Trinajstić information content (AvgIpc) is 2.49. The summed E-state index contributed by atoms with van der Waals surface area (Å²) in [6.45, 7) is 0. The fraction of sp³-hybridized carbons (Fsp3) is 0.895. The lowest BCUT2D eigenvalue weighted by molar-refractivity contribution is -0.0165. The van der Waals surface area contributed by atoms with E-state index in [1.807, 2.05) is 7.11 Å². The molecule has 0 aromatic rings. The molecule has 0 saturated heterocycles. The van der Waals surface area contributed by atoms with Gasteiger partial charge in [0.15, 0.2) is 0 Å². The normalized spacial score (nSPS) is 46.9. The Kier molecular flexibility index (Phi) is 3.98. The first-order valence-electron chi connectivity index (χ1n) is 9.16. The van der Waals surface area contributed by atoms with E-state index in [-0.39, 0.29) is 12.2 Å². The number of allylic oxidation sites excluding steroid dienone is 2. The van der Waals surface area contributed by atoms with Gasteiger partial charge in [0.2, 0.25) is 0 Å². The molecule has 0 heterocycles. The number of aliphatic hydroxyl groups is 1. The molecule has 3 heteroatoms. The lowest BCUT2D eigenvalue weighted by Crippen LogP contribution is -2.42. The highest BCUT2D eigenvalue weighted by molar-refractivity contribution is 5.25. The Labute approximate surface area is 134 Å². The Morgan fingerprint density at radius 3 is 2.05 bits per heavy atom. The van der Waals surface area contributed by atoms with Crippen molar-refractivity contribution >= 4 is 0 Å². The van der Waals surface area contributed by atoms with Gasteiger partial charge in [-0.15, -0.1) is 0 Å². The van der Waals surface area contributed by atoms with Crippen LogP contribution in [0.1, 0.15) is 51.4 Å². The average molecular weight is 306 g/mol. The Hall–Kier alpha value is -0.540. The fourth-order valence-electron chi connectivity index (χ4n) is 6.26. The molecular formula is C19H30O3. The molecule has 5 saturated carbocycles. The monoisotopic (exact) mass is 306 g/mol. The maximum Gasteiger partial charge on any atom is 0.0985 e. The van der Waals surface area contributed by atoms with E-state index >= 15 is 0 Å². The van der Waals surface area contributed by atoms with E-state index in [2.05, 4.69) is 0 Å². The van der Waals surface area contributed by atoms with Crippen molar-refractivity contribution in [2.75, 3.05) is 14.2 Å². The summed E-state index contributed by atoms with van der Waals surface area (Å²) in [5.74, 6) is 5.08. The first-order chi connectivity index (χ1) is 10.7. The maximum atomic E-state index is 10.2. The van der Waals surface area contributed by atoms with E-state index in [0.717, 1.165) is 42.9 Å². The highest BCUT2D eigenvalue weighted by Gasteiger charge is 2.47. The molecule has 124 valence electrons. The van der Waals surface area contributed by atoms with Crippen molar-refractivity contribution in [3.05, 3.63) is 11.3 Å². The zero-order valence-electron chi connectivity index (χ0n) is 14.0. The molecule has 4 bridgehead atoms. The van der Waals surface area contributed by atoms with Gasteiger partial charge in [-0.05, 0) is 80.6 Å². The van der Waals surface area contributed by atoms with E-state index in [1.165, 1.54) is 37.9 Å². The second kappa shape index (κ2) is 5.83. The second-order valence-corrected chi connectivity index (χ2v) is 8.24. The molecule has 3 unspecified atom stereocenters. The van der Waals surface area contributed by atoms with Crippen LogP contribution >= 0.6 is 0 Å². The molecule has 3 nitrogen and oxygen atoms in total. The summed E-state index contributed by atoms with van der Waals surface area (Å²) >= 11 is 0. The van der Waals surface area contributed by atoms with Crippen LogP contribution in [0.3, 0.4) is 0 Å². The summed E-state index contributed by atoms with van der Waals surface area (Å²) in [5, 5.41) is 10.2. The summed E-state index contributed by atoms with van der Waals surface area (Å²) in [6.07, 6.45) is 9.59. The van der Waals surface area contributed by atoms with Gasteiger partial charge in [-0.2, -0.15) is 0 Å². The second-order valence-electron chi connectivity index (χ2n) is 8.24. The number of hydrogen-bond donors (Lipinski definition) is 1. The highest BCUT2D eigenvalue weighted by atomic mass is 16.5. The van der Waals surface area contributed by atoms with Crippen molar-refractivity contribution in [3.63, 3.8) is 0 Å². The van der Waals surface area contributed by atoms with E-state index in [0.29, 0.717) is 5.92 Å². The number of methoxy groups -OCH3 is 2. The molecule has 5 rings (SSSR count). The third kappa shape index (κ3) is 2.50. The van der Waals surface area contributed by atoms with E-state index in [9.17, 15) is 5.11 Å². The van der Waals surface area contributed by atoms with E-state index in [4.69, 9.17) is 9.47 Å². The van der Waals surface area contributed by atoms with Gasteiger partial charge in [-0.3, -0.25) is 0 Å². The Balaban J connectivity index is 1.63. The number of ether oxygens (including phenoxy) is 2. The van der Waals surface area contributed by atoms with Crippen LogP contribution in [0.5, 0.6) is 0 Å². The van der Waals surface area contributed by atoms with Crippen LogP contribution in [0.4, 0.5) is 0 Å². The van der Waals surface area contributed by atoms with Gasteiger partial charge in [-0.1, -0.05) is 0 Å². The Bertz CT molecular complexity index is 426. The van der Waals surface area contributed by atoms with Gasteiger partial charge < -0.3 is 14.6 Å². The molecule has 0 aliphatic heterocycles. The molecule has 0 spiro atoms. The summed E-state index contributed by atoms with van der Waals surface area (Å²) in [5.41, 5.74) is 1.64. The number of rotatable bonds is 3. The summed E-state index contributed by atoms with van der Waals surface area (Å²) < 4.78 is 11.5. The van der Waals surface area contributed by atoms with Gasteiger partial charge in [0, 0.05) is 13.0 Å². The highest BCUT2D eigenvalue weighted by Crippen LogP contribution is 2.58. The van der Waals surface area contributed by atoms with Gasteiger partial charge in [0.1, 0.15) is 0 Å². The first-order valence-corrected chi connectivity index (χ1v) is 9.16. The quantitative estimate of drug-likeness (QED) is 0.811. The van der Waals surface area contributed by atoms with Crippen LogP contribution < -0.4 is 0 Å². The van der Waals surface area contributed by atoms with Crippen molar-refractivity contribution in [2.45, 2.75) is 63.6 Å². The van der Waals surface area contributed by atoms with Gasteiger partial charge in [-0.25, -0.2) is 0 Å². The van der Waals surface area contributed by atoms with Gasteiger partial charge >= 0.3 is 0 Å². The van der Waals surface area contributed by atoms with Crippen molar-refractivity contribution in [1.29, 1.82) is 0 Å². The number of hydrogen-bond acceptors (Lipinski definition) is 3. The third-order valence-electron chi connectivity index (χ3n) is 6.87. The van der Waals surface area contributed by atoms with Crippen LogP contribution in [0.2, 0.25) is 0 Å². The van der Waals surface area contributed by atoms with Crippen molar-refractivity contribution in [1.82, 2.24) is 0 Å². The summed E-state index contributed by atoms with van der Waals surface area (Å²) in [7, 11) is 3.61. The Morgan fingerprint density at radius 2 is 1.50 bits per heavy atom. The van der Waals surface area contributed by atoms with Crippen LogP contribution in [0.15, 0.2) is 11.3 Å². The van der Waals surface area contributed by atoms with Crippen LogP contribution in [-0.4, -0.2) is 31.5 Å². The van der Waals surface area contributed by atoms with Crippen LogP contribution in [0, 0.1) is 29.6 Å². The van der Waals surface area contributed by atoms with Crippen molar-refractivity contribution in [2.24, 2.45) is 29.6 Å². The maximum absolute atomic E-state index is 10.2. The minimum atomic E-state index is -0.244. The van der Waals surface area contributed by atoms with Gasteiger partial charge in [0.25, 0.3) is 0 Å². The number of aliphatic hydroxyl groups excluding tert-OH is 1. The molecule has 0 aromatic carbocycles. The lowest BCUT2D eigenvalue weighted by Gasteiger charge is -2.52. The molecule has 0 amide bonds. The van der Waals surface area contributed by atoms with Crippen molar-refractivity contribution < 1.29 is 14.6 Å². The molecule has 3 atom stereocenters. The first kappa shape index (κ1) is 15.0. The van der Waals surface area contributed by atoms with Crippen LogP contribution in [0.25, 0.3) is 0 Å². The molecule has 22 heavy (non-hydrogen) atoms. The van der Waals surface area contributed by atoms with Crippen molar-refractivity contribution in [3.8, 4) is 0 Å². The zero-order chi connectivity index (χ0) is 15.3. The molecule has 5 aliphatic carbocycles. The molecule has 5 aliphatic rings. The van der Waals surface area contributed by atoms with E-state index < -0.39 is 0 Å². The Morgan fingerprint density at radius 1 is 0.864 bits per heavy atom. The molecule has 0 radical (unpaired) electrons. The predicted molar refractivity (Wildman–Crippen MR) is 85.2 cm³/mol. The predicted octanol–water partition coefficient (Wildman–Crippen LogP) is 3.52. The summed E-state index contributed by atoms with van der Waals surface area (Å²) in [6, 6.07) is 0. The lowest BCUT2D eigenvalue weighted by atomic mass is 9.53. The van der Waals surface area contributed by atoms with E-state index in [1.54, 1.807) is 12.7 Å². The fourth-order valence-corrected chi connectivity index (χ4v) is 6.26. The minimum absolute atomic E-state index is 0.177.